The molecule has 0 amide bonds. The molecule has 0 aliphatic carbocycles. The lowest BCUT2D eigenvalue weighted by Crippen LogP contribution is -2.21. The highest BCUT2D eigenvalue weighted by atomic mass is 32.2. The van der Waals surface area contributed by atoms with E-state index in [0.29, 0.717) is 0 Å². The molecule has 0 saturated heterocycles. The molecule has 16 heavy (non-hydrogen) atoms. The van der Waals surface area contributed by atoms with Crippen LogP contribution in [0.15, 0.2) is 40.1 Å². The highest BCUT2D eigenvalue weighted by Gasteiger charge is 2.34. The minimum absolute atomic E-state index is 0.250. The van der Waals surface area contributed by atoms with Gasteiger partial charge in [0.1, 0.15) is 5.60 Å². The molecule has 0 aromatic heterocycles. The second-order valence-corrected chi connectivity index (χ2v) is 5.47. The lowest BCUT2D eigenvalue weighted by molar-refractivity contribution is -0.143. The van der Waals surface area contributed by atoms with Gasteiger partial charge >= 0.3 is 5.97 Å². The molecular formula is C13H14O2S. The summed E-state index contributed by atoms with van der Waals surface area (Å²) in [5.41, 5.74) is 0.739. The van der Waals surface area contributed by atoms with Gasteiger partial charge in [-0.15, -0.1) is 0 Å². The third-order valence-electron chi connectivity index (χ3n) is 2.45. The fourth-order valence-corrected chi connectivity index (χ4v) is 2.47. The molecule has 0 unspecified atom stereocenters. The van der Waals surface area contributed by atoms with Crippen molar-refractivity contribution in [2.45, 2.75) is 31.3 Å². The Bertz CT molecular complexity index is 444. The molecule has 84 valence electrons. The van der Waals surface area contributed by atoms with Crippen LogP contribution in [0.5, 0.6) is 0 Å². The van der Waals surface area contributed by atoms with E-state index in [9.17, 15) is 4.79 Å². The first-order valence-corrected chi connectivity index (χ1v) is 5.99. The largest absolute Gasteiger partial charge is 0.451 e. The van der Waals surface area contributed by atoms with Crippen molar-refractivity contribution in [2.24, 2.45) is 0 Å². The predicted octanol–water partition coefficient (Wildman–Crippen LogP) is 3.31. The smallest absolute Gasteiger partial charge is 0.332 e. The third kappa shape index (κ3) is 2.30. The SMILES string of the molecule is Cc1ccc(SC2=CC(=O)OC2(C)C)cc1. The van der Waals surface area contributed by atoms with Crippen LogP contribution in [-0.2, 0) is 9.53 Å². The molecule has 2 rings (SSSR count). The van der Waals surface area contributed by atoms with E-state index >= 15 is 0 Å². The highest BCUT2D eigenvalue weighted by Crippen LogP contribution is 2.39. The maximum atomic E-state index is 11.2. The van der Waals surface area contributed by atoms with Gasteiger partial charge in [0.25, 0.3) is 0 Å². The van der Waals surface area contributed by atoms with Gasteiger partial charge in [0.05, 0.1) is 0 Å². The molecule has 0 atom stereocenters. The van der Waals surface area contributed by atoms with Gasteiger partial charge < -0.3 is 4.74 Å². The molecule has 2 nitrogen and oxygen atoms in total. The van der Waals surface area contributed by atoms with Crippen molar-refractivity contribution in [2.75, 3.05) is 0 Å². The molecule has 0 radical (unpaired) electrons. The van der Waals surface area contributed by atoms with Crippen molar-refractivity contribution in [3.8, 4) is 0 Å². The van der Waals surface area contributed by atoms with E-state index in [1.54, 1.807) is 17.8 Å². The number of ether oxygens (including phenoxy) is 1. The van der Waals surface area contributed by atoms with Crippen LogP contribution < -0.4 is 0 Å². The Morgan fingerprint density at radius 3 is 2.31 bits per heavy atom. The molecule has 0 fully saturated rings. The highest BCUT2D eigenvalue weighted by molar-refractivity contribution is 8.03. The summed E-state index contributed by atoms with van der Waals surface area (Å²) in [4.78, 5) is 13.3. The number of esters is 1. The zero-order valence-corrected chi connectivity index (χ0v) is 10.4. The van der Waals surface area contributed by atoms with Crippen LogP contribution in [0, 0.1) is 6.92 Å². The standard InChI is InChI=1S/C13H14O2S/c1-9-4-6-10(7-5-9)16-11-8-12(14)15-13(11,2)3/h4-8H,1-3H3. The van der Waals surface area contributed by atoms with Crippen molar-refractivity contribution in [3.63, 3.8) is 0 Å². The van der Waals surface area contributed by atoms with E-state index in [1.165, 1.54) is 5.56 Å². The molecule has 3 heteroatoms. The van der Waals surface area contributed by atoms with Gasteiger partial charge in [-0.25, -0.2) is 4.79 Å². The van der Waals surface area contributed by atoms with Crippen molar-refractivity contribution in [1.82, 2.24) is 0 Å². The van der Waals surface area contributed by atoms with Crippen LogP contribution >= 0.6 is 11.8 Å². The first-order valence-electron chi connectivity index (χ1n) is 5.17. The molecule has 0 saturated carbocycles. The Hall–Kier alpha value is -1.22. The number of aryl methyl sites for hydroxylation is 1. The van der Waals surface area contributed by atoms with E-state index in [-0.39, 0.29) is 5.97 Å². The van der Waals surface area contributed by atoms with Crippen molar-refractivity contribution < 1.29 is 9.53 Å². The van der Waals surface area contributed by atoms with Gasteiger partial charge in [0, 0.05) is 15.9 Å². The van der Waals surface area contributed by atoms with Gasteiger partial charge in [-0.1, -0.05) is 29.5 Å². The normalized spacial score (nSPS) is 18.2. The van der Waals surface area contributed by atoms with E-state index in [0.717, 1.165) is 9.80 Å². The number of carbonyl (C=O) groups is 1. The number of thioether (sulfide) groups is 1. The van der Waals surface area contributed by atoms with Crippen molar-refractivity contribution in [3.05, 3.63) is 40.8 Å². The lowest BCUT2D eigenvalue weighted by Gasteiger charge is -2.20. The number of benzene rings is 1. The zero-order valence-electron chi connectivity index (χ0n) is 9.61. The number of rotatable bonds is 2. The summed E-state index contributed by atoms with van der Waals surface area (Å²) < 4.78 is 5.20. The monoisotopic (exact) mass is 234 g/mol. The Balaban J connectivity index is 2.19. The van der Waals surface area contributed by atoms with Crippen LogP contribution in [0.25, 0.3) is 0 Å². The molecule has 0 spiro atoms. The van der Waals surface area contributed by atoms with Crippen molar-refractivity contribution >= 4 is 17.7 Å². The fourth-order valence-electron chi connectivity index (χ4n) is 1.50. The van der Waals surface area contributed by atoms with Crippen LogP contribution in [0.3, 0.4) is 0 Å². The zero-order chi connectivity index (χ0) is 11.8. The topological polar surface area (TPSA) is 26.3 Å². The van der Waals surface area contributed by atoms with E-state index in [4.69, 9.17) is 4.74 Å². The number of hydrogen-bond donors (Lipinski definition) is 0. The molecule has 0 N–H and O–H groups in total. The molecule has 1 heterocycles. The number of carbonyl (C=O) groups excluding carboxylic acids is 1. The summed E-state index contributed by atoms with van der Waals surface area (Å²) in [5.74, 6) is -0.250. The lowest BCUT2D eigenvalue weighted by atomic mass is 10.1. The van der Waals surface area contributed by atoms with Crippen LogP contribution in [-0.4, -0.2) is 11.6 Å². The molecule has 1 aromatic rings. The second-order valence-electron chi connectivity index (χ2n) is 4.36. The molecule has 1 aliphatic heterocycles. The quantitative estimate of drug-likeness (QED) is 0.734. The summed E-state index contributed by atoms with van der Waals surface area (Å²) in [7, 11) is 0. The summed E-state index contributed by atoms with van der Waals surface area (Å²) in [6.07, 6.45) is 1.57. The third-order valence-corrected chi connectivity index (χ3v) is 3.78. The molecule has 0 bridgehead atoms. The van der Waals surface area contributed by atoms with Crippen LogP contribution in [0.4, 0.5) is 0 Å². The molecule has 1 aromatic carbocycles. The van der Waals surface area contributed by atoms with Gasteiger partial charge in [0.2, 0.25) is 0 Å². The van der Waals surface area contributed by atoms with Crippen LogP contribution in [0.1, 0.15) is 19.4 Å². The van der Waals surface area contributed by atoms with Gasteiger partial charge in [-0.3, -0.25) is 0 Å². The Labute approximate surface area is 99.7 Å². The van der Waals surface area contributed by atoms with Gasteiger partial charge in [-0.05, 0) is 32.9 Å². The maximum Gasteiger partial charge on any atom is 0.332 e. The van der Waals surface area contributed by atoms with Gasteiger partial charge in [0.15, 0.2) is 0 Å². The number of hydrogen-bond acceptors (Lipinski definition) is 3. The Kier molecular flexibility index (Phi) is 2.80. The average Bonchev–Trinajstić information content (AvgIpc) is 2.43. The second kappa shape index (κ2) is 3.98. The summed E-state index contributed by atoms with van der Waals surface area (Å²) in [5, 5.41) is 0. The minimum Gasteiger partial charge on any atom is -0.451 e. The van der Waals surface area contributed by atoms with Crippen LogP contribution in [0.2, 0.25) is 0 Å². The summed E-state index contributed by atoms with van der Waals surface area (Å²) in [6, 6.07) is 8.24. The van der Waals surface area contributed by atoms with E-state index in [1.807, 2.05) is 13.8 Å². The maximum absolute atomic E-state index is 11.2. The van der Waals surface area contributed by atoms with Gasteiger partial charge in [-0.2, -0.15) is 0 Å². The predicted molar refractivity (Wildman–Crippen MR) is 65.3 cm³/mol. The minimum atomic E-state index is -0.493. The first-order chi connectivity index (χ1) is 7.47. The summed E-state index contributed by atoms with van der Waals surface area (Å²) in [6.45, 7) is 5.87. The Morgan fingerprint density at radius 2 is 1.81 bits per heavy atom. The fraction of sp³-hybridized carbons (Fsp3) is 0.308. The Morgan fingerprint density at radius 1 is 1.19 bits per heavy atom. The molecule has 1 aliphatic rings. The summed E-state index contributed by atoms with van der Waals surface area (Å²) >= 11 is 1.59. The van der Waals surface area contributed by atoms with Crippen molar-refractivity contribution in [1.29, 1.82) is 0 Å². The first kappa shape index (κ1) is 11.3. The number of cyclic esters (lactones) is 1. The average molecular weight is 234 g/mol. The van der Waals surface area contributed by atoms with E-state index in [2.05, 4.69) is 31.2 Å². The molecular weight excluding hydrogens is 220 g/mol. The van der Waals surface area contributed by atoms with E-state index < -0.39 is 5.60 Å².